The standard InChI is InChI=1S/C14H17F2NO4/c1-5-20-12(19)14(15,16)9-6-7-10(17-8-9)11(18)21-13(2,3)4/h6-8H,5H2,1-4H3. The molecule has 0 saturated carbocycles. The molecule has 1 aromatic rings. The predicted molar refractivity (Wildman–Crippen MR) is 69.9 cm³/mol. The average Bonchev–Trinajstić information content (AvgIpc) is 2.37. The second-order valence-corrected chi connectivity index (χ2v) is 5.23. The second-order valence-electron chi connectivity index (χ2n) is 5.23. The monoisotopic (exact) mass is 301 g/mol. The summed E-state index contributed by atoms with van der Waals surface area (Å²) in [6, 6.07) is 2.03. The lowest BCUT2D eigenvalue weighted by Crippen LogP contribution is -2.29. The van der Waals surface area contributed by atoms with Crippen molar-refractivity contribution in [2.24, 2.45) is 0 Å². The Kier molecular flexibility index (Phi) is 4.98. The first-order chi connectivity index (χ1) is 9.58. The highest BCUT2D eigenvalue weighted by atomic mass is 19.3. The number of halogens is 2. The molecule has 0 N–H and O–H groups in total. The third kappa shape index (κ3) is 4.47. The maximum Gasteiger partial charge on any atom is 0.382 e. The summed E-state index contributed by atoms with van der Waals surface area (Å²) in [7, 11) is 0. The molecule has 0 atom stereocenters. The topological polar surface area (TPSA) is 65.5 Å². The Hall–Kier alpha value is -2.05. The molecular formula is C14H17F2NO4. The summed E-state index contributed by atoms with van der Waals surface area (Å²) >= 11 is 0. The van der Waals surface area contributed by atoms with Gasteiger partial charge in [0.1, 0.15) is 11.3 Å². The minimum absolute atomic E-state index is 0.117. The Bertz CT molecular complexity index is 521. The molecular weight excluding hydrogens is 284 g/mol. The fourth-order valence-corrected chi connectivity index (χ4v) is 1.37. The minimum Gasteiger partial charge on any atom is -0.461 e. The maximum absolute atomic E-state index is 13.7. The van der Waals surface area contributed by atoms with Crippen LogP contribution >= 0.6 is 0 Å². The van der Waals surface area contributed by atoms with Gasteiger partial charge in [-0.15, -0.1) is 0 Å². The number of hydrogen-bond donors (Lipinski definition) is 0. The Morgan fingerprint density at radius 3 is 2.29 bits per heavy atom. The number of carbonyl (C=O) groups is 2. The van der Waals surface area contributed by atoms with Crippen molar-refractivity contribution in [1.29, 1.82) is 0 Å². The van der Waals surface area contributed by atoms with E-state index in [0.717, 1.165) is 18.3 Å². The zero-order chi connectivity index (χ0) is 16.3. The molecule has 0 amide bonds. The predicted octanol–water partition coefficient (Wildman–Crippen LogP) is 2.69. The summed E-state index contributed by atoms with van der Waals surface area (Å²) in [5.74, 6) is -6.19. The molecule has 0 fully saturated rings. The Balaban J connectivity index is 2.92. The van der Waals surface area contributed by atoms with Crippen LogP contribution in [-0.2, 0) is 20.2 Å². The molecule has 1 aromatic heterocycles. The number of pyridine rings is 1. The lowest BCUT2D eigenvalue weighted by molar-refractivity contribution is -0.173. The van der Waals surface area contributed by atoms with Crippen molar-refractivity contribution in [2.45, 2.75) is 39.2 Å². The molecule has 21 heavy (non-hydrogen) atoms. The second kappa shape index (κ2) is 6.15. The fraction of sp³-hybridized carbons (Fsp3) is 0.500. The van der Waals surface area contributed by atoms with Crippen LogP contribution in [0.4, 0.5) is 8.78 Å². The van der Waals surface area contributed by atoms with Crippen LogP contribution in [0.5, 0.6) is 0 Å². The van der Waals surface area contributed by atoms with Gasteiger partial charge >= 0.3 is 17.9 Å². The highest BCUT2D eigenvalue weighted by molar-refractivity contribution is 5.87. The highest BCUT2D eigenvalue weighted by Crippen LogP contribution is 2.29. The molecule has 0 unspecified atom stereocenters. The molecule has 0 aromatic carbocycles. The van der Waals surface area contributed by atoms with Crippen molar-refractivity contribution in [2.75, 3.05) is 6.61 Å². The van der Waals surface area contributed by atoms with Gasteiger partial charge in [-0.25, -0.2) is 14.6 Å². The number of carbonyl (C=O) groups excluding carboxylic acids is 2. The van der Waals surface area contributed by atoms with Crippen LogP contribution < -0.4 is 0 Å². The van der Waals surface area contributed by atoms with E-state index in [0.29, 0.717) is 0 Å². The normalized spacial score (nSPS) is 11.9. The van der Waals surface area contributed by atoms with E-state index in [1.807, 2.05) is 0 Å². The molecule has 0 saturated heterocycles. The number of rotatable bonds is 4. The van der Waals surface area contributed by atoms with Gasteiger partial charge in [0.05, 0.1) is 12.2 Å². The van der Waals surface area contributed by atoms with E-state index in [-0.39, 0.29) is 12.3 Å². The summed E-state index contributed by atoms with van der Waals surface area (Å²) < 4.78 is 36.8. The van der Waals surface area contributed by atoms with Crippen molar-refractivity contribution in [3.8, 4) is 0 Å². The first-order valence-corrected chi connectivity index (χ1v) is 6.33. The van der Waals surface area contributed by atoms with Gasteiger partial charge in [0.15, 0.2) is 0 Å². The van der Waals surface area contributed by atoms with Gasteiger partial charge < -0.3 is 9.47 Å². The van der Waals surface area contributed by atoms with Gasteiger partial charge in [-0.1, -0.05) is 0 Å². The molecule has 1 rings (SSSR count). The summed E-state index contributed by atoms with van der Waals surface area (Å²) in [4.78, 5) is 26.5. The quantitative estimate of drug-likeness (QED) is 0.800. The van der Waals surface area contributed by atoms with E-state index < -0.39 is 29.0 Å². The van der Waals surface area contributed by atoms with E-state index in [1.165, 1.54) is 6.92 Å². The van der Waals surface area contributed by atoms with Gasteiger partial charge in [0.25, 0.3) is 0 Å². The summed E-state index contributed by atoms with van der Waals surface area (Å²) in [6.07, 6.45) is 0.760. The van der Waals surface area contributed by atoms with E-state index >= 15 is 0 Å². The van der Waals surface area contributed by atoms with Crippen LogP contribution in [0.15, 0.2) is 18.3 Å². The van der Waals surface area contributed by atoms with E-state index in [1.54, 1.807) is 20.8 Å². The van der Waals surface area contributed by atoms with E-state index in [9.17, 15) is 18.4 Å². The molecule has 1 heterocycles. The van der Waals surface area contributed by atoms with Gasteiger partial charge in [0.2, 0.25) is 0 Å². The molecule has 0 bridgehead atoms. The number of alkyl halides is 2. The molecule has 116 valence electrons. The number of esters is 2. The molecule has 0 aliphatic heterocycles. The van der Waals surface area contributed by atoms with Gasteiger partial charge in [-0.3, -0.25) is 0 Å². The molecule has 0 aliphatic carbocycles. The minimum atomic E-state index is -3.81. The molecule has 0 radical (unpaired) electrons. The lowest BCUT2D eigenvalue weighted by atomic mass is 10.1. The Labute approximate surface area is 121 Å². The van der Waals surface area contributed by atoms with Crippen LogP contribution in [0.25, 0.3) is 0 Å². The molecule has 0 aliphatic rings. The maximum atomic E-state index is 13.7. The van der Waals surface area contributed by atoms with Crippen LogP contribution in [0, 0.1) is 0 Å². The van der Waals surface area contributed by atoms with Crippen molar-refractivity contribution in [1.82, 2.24) is 4.98 Å². The first kappa shape index (κ1) is 17.0. The SMILES string of the molecule is CCOC(=O)C(F)(F)c1ccc(C(=O)OC(C)(C)C)nc1. The van der Waals surface area contributed by atoms with Crippen molar-refractivity contribution in [3.63, 3.8) is 0 Å². The van der Waals surface area contributed by atoms with Crippen molar-refractivity contribution < 1.29 is 27.8 Å². The molecule has 5 nitrogen and oxygen atoms in total. The number of aromatic nitrogens is 1. The largest absolute Gasteiger partial charge is 0.461 e. The first-order valence-electron chi connectivity index (χ1n) is 6.33. The highest BCUT2D eigenvalue weighted by Gasteiger charge is 2.43. The third-order valence-electron chi connectivity index (χ3n) is 2.27. The smallest absolute Gasteiger partial charge is 0.382 e. The molecule has 7 heteroatoms. The van der Waals surface area contributed by atoms with Gasteiger partial charge in [-0.05, 0) is 39.8 Å². The average molecular weight is 301 g/mol. The number of ether oxygens (including phenoxy) is 2. The zero-order valence-electron chi connectivity index (χ0n) is 12.3. The summed E-state index contributed by atoms with van der Waals surface area (Å²) in [6.45, 7) is 6.30. The van der Waals surface area contributed by atoms with Crippen molar-refractivity contribution in [3.05, 3.63) is 29.6 Å². The lowest BCUT2D eigenvalue weighted by Gasteiger charge is -2.19. The Morgan fingerprint density at radius 1 is 1.24 bits per heavy atom. The van der Waals surface area contributed by atoms with Gasteiger partial charge in [0, 0.05) is 6.20 Å². The fourth-order valence-electron chi connectivity index (χ4n) is 1.37. The van der Waals surface area contributed by atoms with Crippen LogP contribution in [0.3, 0.4) is 0 Å². The Morgan fingerprint density at radius 2 is 1.86 bits per heavy atom. The van der Waals surface area contributed by atoms with Crippen LogP contribution in [-0.4, -0.2) is 29.1 Å². The number of nitrogens with zero attached hydrogens (tertiary/aromatic N) is 1. The third-order valence-corrected chi connectivity index (χ3v) is 2.27. The van der Waals surface area contributed by atoms with E-state index in [4.69, 9.17) is 4.74 Å². The van der Waals surface area contributed by atoms with E-state index in [2.05, 4.69) is 9.72 Å². The van der Waals surface area contributed by atoms with Crippen LogP contribution in [0.2, 0.25) is 0 Å². The van der Waals surface area contributed by atoms with Crippen molar-refractivity contribution >= 4 is 11.9 Å². The van der Waals surface area contributed by atoms with Gasteiger partial charge in [-0.2, -0.15) is 8.78 Å². The van der Waals surface area contributed by atoms with Crippen LogP contribution in [0.1, 0.15) is 43.7 Å². The molecule has 0 spiro atoms. The zero-order valence-corrected chi connectivity index (χ0v) is 12.3. The number of hydrogen-bond acceptors (Lipinski definition) is 5. The summed E-state index contributed by atoms with van der Waals surface area (Å²) in [5, 5.41) is 0. The summed E-state index contributed by atoms with van der Waals surface area (Å²) in [5.41, 5.74) is -1.48.